The molecule has 0 atom stereocenters. The molecule has 0 aliphatic carbocycles. The third-order valence-electron chi connectivity index (χ3n) is 4.30. The molecule has 0 bridgehead atoms. The van der Waals surface area contributed by atoms with Gasteiger partial charge in [-0.3, -0.25) is 4.79 Å². The smallest absolute Gasteiger partial charge is 0.231 e. The molecule has 3 aromatic rings. The maximum absolute atomic E-state index is 12.4. The highest BCUT2D eigenvalue weighted by Crippen LogP contribution is 2.33. The number of methoxy groups -OCH3 is 1. The first kappa shape index (κ1) is 16.9. The number of ether oxygens (including phenoxy) is 3. The van der Waals surface area contributed by atoms with Crippen molar-refractivity contribution in [2.75, 3.05) is 7.11 Å². The summed E-state index contributed by atoms with van der Waals surface area (Å²) in [4.78, 5) is 12.4. The van der Waals surface area contributed by atoms with E-state index in [1.807, 2.05) is 60.7 Å². The highest BCUT2D eigenvalue weighted by molar-refractivity contribution is 6.14. The van der Waals surface area contributed by atoms with Gasteiger partial charge in [-0.15, -0.1) is 0 Å². The van der Waals surface area contributed by atoms with Crippen LogP contribution in [0.15, 0.2) is 78.6 Å². The number of allylic oxidation sites excluding steroid dienone is 1. The lowest BCUT2D eigenvalue weighted by Gasteiger charge is -2.11. The molecule has 0 spiro atoms. The lowest BCUT2D eigenvalue weighted by molar-refractivity contribution is 0.101. The molecule has 1 aliphatic heterocycles. The van der Waals surface area contributed by atoms with Crippen LogP contribution in [0.2, 0.25) is 0 Å². The van der Waals surface area contributed by atoms with Crippen LogP contribution in [0.1, 0.15) is 21.5 Å². The van der Waals surface area contributed by atoms with Crippen LogP contribution < -0.4 is 14.2 Å². The molecule has 0 unspecified atom stereocenters. The average molecular weight is 358 g/mol. The van der Waals surface area contributed by atoms with E-state index in [4.69, 9.17) is 14.2 Å². The van der Waals surface area contributed by atoms with Crippen LogP contribution in [0, 0.1) is 0 Å². The number of para-hydroxylation sites is 1. The van der Waals surface area contributed by atoms with Crippen LogP contribution in [0.5, 0.6) is 17.2 Å². The summed E-state index contributed by atoms with van der Waals surface area (Å²) in [6.07, 6.45) is 1.71. The van der Waals surface area contributed by atoms with Crippen molar-refractivity contribution in [1.29, 1.82) is 0 Å². The first-order chi connectivity index (χ1) is 13.2. The third kappa shape index (κ3) is 3.55. The van der Waals surface area contributed by atoms with E-state index in [9.17, 15) is 4.79 Å². The molecule has 4 heteroatoms. The van der Waals surface area contributed by atoms with Crippen molar-refractivity contribution in [3.8, 4) is 17.2 Å². The SMILES string of the molecule is COc1cc(C=C2Oc3ccccc3C2=O)ccc1OCc1ccccc1. The molecular weight excluding hydrogens is 340 g/mol. The maximum atomic E-state index is 12.4. The van der Waals surface area contributed by atoms with E-state index in [0.29, 0.717) is 35.2 Å². The monoisotopic (exact) mass is 358 g/mol. The molecule has 0 amide bonds. The van der Waals surface area contributed by atoms with Crippen molar-refractivity contribution < 1.29 is 19.0 Å². The Morgan fingerprint density at radius 1 is 0.926 bits per heavy atom. The van der Waals surface area contributed by atoms with Gasteiger partial charge in [0.2, 0.25) is 5.78 Å². The predicted octanol–water partition coefficient (Wildman–Crippen LogP) is 4.89. The maximum Gasteiger partial charge on any atom is 0.231 e. The number of hydrogen-bond acceptors (Lipinski definition) is 4. The van der Waals surface area contributed by atoms with Crippen LogP contribution in [-0.2, 0) is 6.61 Å². The largest absolute Gasteiger partial charge is 0.493 e. The fourth-order valence-corrected chi connectivity index (χ4v) is 2.92. The van der Waals surface area contributed by atoms with E-state index >= 15 is 0 Å². The van der Waals surface area contributed by atoms with Crippen molar-refractivity contribution in [3.05, 3.63) is 95.2 Å². The summed E-state index contributed by atoms with van der Waals surface area (Å²) in [7, 11) is 1.59. The van der Waals surface area contributed by atoms with Gasteiger partial charge in [-0.25, -0.2) is 0 Å². The number of carbonyl (C=O) groups is 1. The average Bonchev–Trinajstić information content (AvgIpc) is 3.03. The van der Waals surface area contributed by atoms with Crippen molar-refractivity contribution >= 4 is 11.9 Å². The topological polar surface area (TPSA) is 44.8 Å². The third-order valence-corrected chi connectivity index (χ3v) is 4.30. The van der Waals surface area contributed by atoms with Gasteiger partial charge in [0.15, 0.2) is 17.3 Å². The van der Waals surface area contributed by atoms with Crippen LogP contribution in [-0.4, -0.2) is 12.9 Å². The van der Waals surface area contributed by atoms with E-state index in [1.54, 1.807) is 25.3 Å². The second-order valence-corrected chi connectivity index (χ2v) is 6.12. The summed E-state index contributed by atoms with van der Waals surface area (Å²) in [5.74, 6) is 2.02. The Hall–Kier alpha value is -3.53. The van der Waals surface area contributed by atoms with E-state index < -0.39 is 0 Å². The molecular formula is C23H18O4. The van der Waals surface area contributed by atoms with Gasteiger partial charge in [0.05, 0.1) is 12.7 Å². The quantitative estimate of drug-likeness (QED) is 0.609. The van der Waals surface area contributed by atoms with Gasteiger partial charge < -0.3 is 14.2 Å². The normalized spacial score (nSPS) is 14.0. The number of fused-ring (bicyclic) bond motifs is 1. The number of carbonyl (C=O) groups excluding carboxylic acids is 1. The highest BCUT2D eigenvalue weighted by Gasteiger charge is 2.26. The van der Waals surface area contributed by atoms with Gasteiger partial charge in [-0.1, -0.05) is 48.5 Å². The van der Waals surface area contributed by atoms with Gasteiger partial charge >= 0.3 is 0 Å². The molecule has 1 heterocycles. The molecule has 0 saturated carbocycles. The zero-order chi connectivity index (χ0) is 18.6. The molecule has 0 fully saturated rings. The lowest BCUT2D eigenvalue weighted by Crippen LogP contribution is -1.99. The summed E-state index contributed by atoms with van der Waals surface area (Å²) in [5.41, 5.74) is 2.46. The summed E-state index contributed by atoms with van der Waals surface area (Å²) in [6, 6.07) is 22.7. The highest BCUT2D eigenvalue weighted by atomic mass is 16.5. The molecule has 0 aromatic heterocycles. The molecule has 0 radical (unpaired) electrons. The number of ketones is 1. The molecule has 4 nitrogen and oxygen atoms in total. The van der Waals surface area contributed by atoms with E-state index in [2.05, 4.69) is 0 Å². The van der Waals surface area contributed by atoms with Crippen molar-refractivity contribution in [3.63, 3.8) is 0 Å². The molecule has 3 aromatic carbocycles. The van der Waals surface area contributed by atoms with Gasteiger partial charge in [0.1, 0.15) is 12.4 Å². The van der Waals surface area contributed by atoms with Crippen LogP contribution in [0.4, 0.5) is 0 Å². The molecule has 0 N–H and O–H groups in total. The van der Waals surface area contributed by atoms with E-state index in [0.717, 1.165) is 11.1 Å². The molecule has 0 saturated heterocycles. The van der Waals surface area contributed by atoms with E-state index in [-0.39, 0.29) is 5.78 Å². The summed E-state index contributed by atoms with van der Waals surface area (Å²) >= 11 is 0. The minimum absolute atomic E-state index is 0.117. The second-order valence-electron chi connectivity index (χ2n) is 6.12. The Kier molecular flexibility index (Phi) is 4.62. The summed E-state index contributed by atoms with van der Waals surface area (Å²) < 4.78 is 17.0. The molecule has 4 rings (SSSR count). The Morgan fingerprint density at radius 2 is 1.70 bits per heavy atom. The number of benzene rings is 3. The van der Waals surface area contributed by atoms with E-state index in [1.165, 1.54) is 0 Å². The number of rotatable bonds is 5. The Morgan fingerprint density at radius 3 is 2.48 bits per heavy atom. The first-order valence-corrected chi connectivity index (χ1v) is 8.62. The van der Waals surface area contributed by atoms with Gasteiger partial charge in [0, 0.05) is 0 Å². The fraction of sp³-hybridized carbons (Fsp3) is 0.0870. The van der Waals surface area contributed by atoms with Crippen LogP contribution in [0.3, 0.4) is 0 Å². The minimum Gasteiger partial charge on any atom is -0.493 e. The first-order valence-electron chi connectivity index (χ1n) is 8.62. The lowest BCUT2D eigenvalue weighted by atomic mass is 10.1. The Labute approximate surface area is 157 Å². The second kappa shape index (κ2) is 7.38. The molecule has 134 valence electrons. The van der Waals surface area contributed by atoms with Crippen LogP contribution in [0.25, 0.3) is 6.08 Å². The van der Waals surface area contributed by atoms with Crippen molar-refractivity contribution in [1.82, 2.24) is 0 Å². The zero-order valence-electron chi connectivity index (χ0n) is 14.8. The van der Waals surface area contributed by atoms with Gasteiger partial charge in [0.25, 0.3) is 0 Å². The minimum atomic E-state index is -0.117. The number of hydrogen-bond donors (Lipinski definition) is 0. The summed E-state index contributed by atoms with van der Waals surface area (Å²) in [5, 5.41) is 0. The predicted molar refractivity (Wildman–Crippen MR) is 103 cm³/mol. The van der Waals surface area contributed by atoms with Gasteiger partial charge in [-0.05, 0) is 41.5 Å². The summed E-state index contributed by atoms with van der Waals surface area (Å²) in [6.45, 7) is 0.453. The van der Waals surface area contributed by atoms with Gasteiger partial charge in [-0.2, -0.15) is 0 Å². The Bertz CT molecular complexity index is 1010. The Balaban J connectivity index is 1.54. The van der Waals surface area contributed by atoms with Crippen molar-refractivity contribution in [2.45, 2.75) is 6.61 Å². The van der Waals surface area contributed by atoms with Crippen molar-refractivity contribution in [2.24, 2.45) is 0 Å². The zero-order valence-corrected chi connectivity index (χ0v) is 14.8. The van der Waals surface area contributed by atoms with Crippen LogP contribution >= 0.6 is 0 Å². The fourth-order valence-electron chi connectivity index (χ4n) is 2.92. The number of Topliss-reactive ketones (excluding diaryl/α,β-unsaturated/α-hetero) is 1. The molecule has 27 heavy (non-hydrogen) atoms. The molecule has 1 aliphatic rings. The standard InChI is InChI=1S/C23H18O4/c1-25-21-13-17(11-12-20(21)26-15-16-7-3-2-4-8-16)14-22-23(24)18-9-5-6-10-19(18)27-22/h2-14H,15H2,1H3.